The van der Waals surface area contributed by atoms with Crippen LogP contribution in [-0.4, -0.2) is 43.0 Å². The van der Waals surface area contributed by atoms with Crippen molar-refractivity contribution in [1.82, 2.24) is 4.90 Å². The van der Waals surface area contributed by atoms with Gasteiger partial charge in [0.1, 0.15) is 5.41 Å². The number of anilines is 1. The van der Waals surface area contributed by atoms with E-state index in [-0.39, 0.29) is 11.8 Å². The molecule has 0 radical (unpaired) electrons. The largest absolute Gasteiger partial charge is 0.378 e. The van der Waals surface area contributed by atoms with Gasteiger partial charge in [-0.05, 0) is 39.3 Å². The predicted molar refractivity (Wildman–Crippen MR) is 85.7 cm³/mol. The van der Waals surface area contributed by atoms with E-state index in [1.165, 1.54) is 0 Å². The summed E-state index contributed by atoms with van der Waals surface area (Å²) >= 11 is 0. The van der Waals surface area contributed by atoms with Crippen LogP contribution in [0.1, 0.15) is 25.0 Å². The molecule has 1 fully saturated rings. The lowest BCUT2D eigenvalue weighted by molar-refractivity contribution is -0.149. The molecule has 1 aliphatic heterocycles. The summed E-state index contributed by atoms with van der Waals surface area (Å²) < 4.78 is 5.25. The molecule has 22 heavy (non-hydrogen) atoms. The zero-order valence-corrected chi connectivity index (χ0v) is 13.7. The van der Waals surface area contributed by atoms with Crippen LogP contribution in [0.2, 0.25) is 0 Å². The fourth-order valence-electron chi connectivity index (χ4n) is 2.49. The minimum Gasteiger partial charge on any atom is -0.378 e. The molecule has 5 heteroatoms. The number of aryl methyl sites for hydroxylation is 2. The number of carbonyl (C=O) groups excluding carboxylic acids is 2. The summed E-state index contributed by atoms with van der Waals surface area (Å²) in [5.41, 5.74) is 1.77. The van der Waals surface area contributed by atoms with E-state index in [9.17, 15) is 9.59 Å². The number of nitrogens with zero attached hydrogens (tertiary/aromatic N) is 1. The Bertz CT molecular complexity index is 575. The first kappa shape index (κ1) is 16.5. The van der Waals surface area contributed by atoms with Crippen LogP contribution < -0.4 is 5.32 Å². The molecule has 0 bridgehead atoms. The molecule has 0 saturated carbocycles. The van der Waals surface area contributed by atoms with E-state index < -0.39 is 5.41 Å². The van der Waals surface area contributed by atoms with E-state index in [2.05, 4.69) is 5.32 Å². The third-order valence-electron chi connectivity index (χ3n) is 4.03. The van der Waals surface area contributed by atoms with Gasteiger partial charge in [0, 0.05) is 18.8 Å². The van der Waals surface area contributed by atoms with Crippen LogP contribution in [0.4, 0.5) is 5.69 Å². The highest BCUT2D eigenvalue weighted by Crippen LogP contribution is 2.24. The number of amides is 2. The molecule has 2 amide bonds. The maximum Gasteiger partial charge on any atom is 0.239 e. The molecule has 0 spiro atoms. The number of carbonyl (C=O) groups is 2. The number of nitrogens with one attached hydrogen (secondary N) is 1. The van der Waals surface area contributed by atoms with Gasteiger partial charge < -0.3 is 15.0 Å². The molecule has 0 aromatic heterocycles. The van der Waals surface area contributed by atoms with Crippen LogP contribution in [0.3, 0.4) is 0 Å². The second kappa shape index (κ2) is 6.48. The van der Waals surface area contributed by atoms with Gasteiger partial charge in [0.05, 0.1) is 13.2 Å². The number of ether oxygens (including phenoxy) is 1. The van der Waals surface area contributed by atoms with Crippen LogP contribution in [0.15, 0.2) is 18.2 Å². The molecule has 5 nitrogen and oxygen atoms in total. The van der Waals surface area contributed by atoms with Crippen LogP contribution >= 0.6 is 0 Å². The Kier molecular flexibility index (Phi) is 4.86. The molecule has 0 atom stereocenters. The summed E-state index contributed by atoms with van der Waals surface area (Å²) in [6.07, 6.45) is 0. The van der Waals surface area contributed by atoms with E-state index in [0.29, 0.717) is 26.3 Å². The second-order valence-electron chi connectivity index (χ2n) is 6.30. The highest BCUT2D eigenvalue weighted by Gasteiger charge is 2.39. The van der Waals surface area contributed by atoms with E-state index in [1.54, 1.807) is 18.7 Å². The Morgan fingerprint density at radius 3 is 2.41 bits per heavy atom. The number of morpholine rings is 1. The summed E-state index contributed by atoms with van der Waals surface area (Å²) in [6, 6.07) is 5.82. The molecule has 1 heterocycles. The summed E-state index contributed by atoms with van der Waals surface area (Å²) in [5.74, 6) is -0.436. The Morgan fingerprint density at radius 1 is 1.18 bits per heavy atom. The number of hydrogen-bond donors (Lipinski definition) is 1. The molecular weight excluding hydrogens is 280 g/mol. The lowest BCUT2D eigenvalue weighted by atomic mass is 9.89. The summed E-state index contributed by atoms with van der Waals surface area (Å²) in [5, 5.41) is 2.88. The third-order valence-corrected chi connectivity index (χ3v) is 4.03. The van der Waals surface area contributed by atoms with E-state index in [1.807, 2.05) is 32.0 Å². The minimum absolute atomic E-state index is 0.155. The predicted octanol–water partition coefficient (Wildman–Crippen LogP) is 2.13. The van der Waals surface area contributed by atoms with Gasteiger partial charge in [-0.15, -0.1) is 0 Å². The Hall–Kier alpha value is -1.88. The van der Waals surface area contributed by atoms with E-state index >= 15 is 0 Å². The van der Waals surface area contributed by atoms with Gasteiger partial charge >= 0.3 is 0 Å². The van der Waals surface area contributed by atoms with Crippen molar-refractivity contribution in [3.8, 4) is 0 Å². The van der Waals surface area contributed by atoms with Crippen molar-refractivity contribution in [2.24, 2.45) is 5.41 Å². The maximum atomic E-state index is 12.6. The number of hydrogen-bond acceptors (Lipinski definition) is 3. The highest BCUT2D eigenvalue weighted by atomic mass is 16.5. The first-order valence-electron chi connectivity index (χ1n) is 7.58. The van der Waals surface area contributed by atoms with E-state index in [4.69, 9.17) is 4.74 Å². The molecule has 0 aliphatic carbocycles. The van der Waals surface area contributed by atoms with Crippen LogP contribution in [0, 0.1) is 19.3 Å². The average Bonchev–Trinajstić information content (AvgIpc) is 2.50. The average molecular weight is 304 g/mol. The smallest absolute Gasteiger partial charge is 0.239 e. The summed E-state index contributed by atoms with van der Waals surface area (Å²) in [7, 11) is 0. The van der Waals surface area contributed by atoms with Crippen LogP contribution in [-0.2, 0) is 14.3 Å². The standard InChI is InChI=1S/C17H24N2O3/c1-12-5-6-14(13(2)11-12)18-15(20)17(3,4)16(21)19-7-9-22-10-8-19/h5-6,11H,7-10H2,1-4H3,(H,18,20). The quantitative estimate of drug-likeness (QED) is 0.870. The second-order valence-corrected chi connectivity index (χ2v) is 6.30. The van der Waals surface area contributed by atoms with Gasteiger partial charge in [-0.25, -0.2) is 0 Å². The SMILES string of the molecule is Cc1ccc(NC(=O)C(C)(C)C(=O)N2CCOCC2)c(C)c1. The van der Waals surface area contributed by atoms with Gasteiger partial charge in [0.15, 0.2) is 0 Å². The summed E-state index contributed by atoms with van der Waals surface area (Å²) in [4.78, 5) is 26.9. The van der Waals surface area contributed by atoms with Crippen molar-refractivity contribution in [1.29, 1.82) is 0 Å². The molecule has 0 unspecified atom stereocenters. The summed E-state index contributed by atoms with van der Waals surface area (Å²) in [6.45, 7) is 9.43. The van der Waals surface area contributed by atoms with Crippen LogP contribution in [0.25, 0.3) is 0 Å². The molecule has 1 aromatic rings. The molecule has 1 saturated heterocycles. The molecule has 1 aromatic carbocycles. The van der Waals surface area contributed by atoms with Gasteiger partial charge in [0.25, 0.3) is 0 Å². The lowest BCUT2D eigenvalue weighted by Gasteiger charge is -2.33. The van der Waals surface area contributed by atoms with Gasteiger partial charge in [-0.2, -0.15) is 0 Å². The monoisotopic (exact) mass is 304 g/mol. The zero-order chi connectivity index (χ0) is 16.3. The Morgan fingerprint density at radius 2 is 1.82 bits per heavy atom. The fraction of sp³-hybridized carbons (Fsp3) is 0.529. The first-order valence-corrected chi connectivity index (χ1v) is 7.58. The minimum atomic E-state index is -1.10. The van der Waals surface area contributed by atoms with Crippen molar-refractivity contribution < 1.29 is 14.3 Å². The molecule has 1 aliphatic rings. The lowest BCUT2D eigenvalue weighted by Crippen LogP contribution is -2.51. The van der Waals surface area contributed by atoms with Crippen molar-refractivity contribution in [2.45, 2.75) is 27.7 Å². The normalized spacial score (nSPS) is 15.5. The van der Waals surface area contributed by atoms with Gasteiger partial charge in [0.2, 0.25) is 11.8 Å². The first-order chi connectivity index (χ1) is 10.3. The molecule has 2 rings (SSSR count). The van der Waals surface area contributed by atoms with E-state index in [0.717, 1.165) is 16.8 Å². The van der Waals surface area contributed by atoms with Crippen LogP contribution in [0.5, 0.6) is 0 Å². The highest BCUT2D eigenvalue weighted by molar-refractivity contribution is 6.10. The Labute approximate surface area is 131 Å². The van der Waals surface area contributed by atoms with Crippen molar-refractivity contribution in [2.75, 3.05) is 31.6 Å². The van der Waals surface area contributed by atoms with Gasteiger partial charge in [-0.3, -0.25) is 9.59 Å². The Balaban J connectivity index is 2.10. The van der Waals surface area contributed by atoms with Crippen molar-refractivity contribution in [3.05, 3.63) is 29.3 Å². The topological polar surface area (TPSA) is 58.6 Å². The maximum absolute atomic E-state index is 12.6. The van der Waals surface area contributed by atoms with Crippen molar-refractivity contribution in [3.63, 3.8) is 0 Å². The zero-order valence-electron chi connectivity index (χ0n) is 13.7. The fourth-order valence-corrected chi connectivity index (χ4v) is 2.49. The molecular formula is C17H24N2O3. The number of rotatable bonds is 3. The van der Waals surface area contributed by atoms with Crippen molar-refractivity contribution >= 4 is 17.5 Å². The number of benzene rings is 1. The third kappa shape index (κ3) is 3.47. The molecule has 1 N–H and O–H groups in total. The molecule has 120 valence electrons. The van der Waals surface area contributed by atoms with Gasteiger partial charge in [-0.1, -0.05) is 17.7 Å².